The van der Waals surface area contributed by atoms with Crippen molar-refractivity contribution < 1.29 is 0 Å². The van der Waals surface area contributed by atoms with Crippen LogP contribution in [0.4, 0.5) is 0 Å². The zero-order chi connectivity index (χ0) is 11.2. The van der Waals surface area contributed by atoms with Gasteiger partial charge in [-0.05, 0) is 57.5 Å². The van der Waals surface area contributed by atoms with Crippen LogP contribution in [0, 0.1) is 5.92 Å². The Kier molecular flexibility index (Phi) is 6.48. The minimum absolute atomic E-state index is 0. The topological polar surface area (TPSA) is 37.0 Å². The Hall–Kier alpha value is -0.640. The van der Waals surface area contributed by atoms with E-state index in [2.05, 4.69) is 28.6 Å². The molecule has 1 aliphatic heterocycles. The molecule has 0 saturated carbocycles. The summed E-state index contributed by atoms with van der Waals surface area (Å²) >= 11 is 0. The fourth-order valence-electron chi connectivity index (χ4n) is 2.18. The summed E-state index contributed by atoms with van der Waals surface area (Å²) in [5.74, 6) is 0.778. The first-order chi connectivity index (χ1) is 7.86. The van der Waals surface area contributed by atoms with Gasteiger partial charge in [-0.1, -0.05) is 6.07 Å². The molecule has 0 spiro atoms. The van der Waals surface area contributed by atoms with Gasteiger partial charge in [-0.2, -0.15) is 0 Å². The molecule has 1 fully saturated rings. The Labute approximate surface area is 110 Å². The minimum Gasteiger partial charge on any atom is -0.316 e. The Bertz CT molecular complexity index is 299. The number of aromatic nitrogens is 1. The zero-order valence-corrected chi connectivity index (χ0v) is 11.2. The van der Waals surface area contributed by atoms with Crippen molar-refractivity contribution in [1.82, 2.24) is 15.6 Å². The SMILES string of the molecule is CC(NCC1CCCNC1)c1ccccn1.Cl. The van der Waals surface area contributed by atoms with Gasteiger partial charge in [-0.15, -0.1) is 12.4 Å². The summed E-state index contributed by atoms with van der Waals surface area (Å²) in [6.07, 6.45) is 4.51. The number of hydrogen-bond donors (Lipinski definition) is 2. The fraction of sp³-hybridized carbons (Fsp3) is 0.615. The van der Waals surface area contributed by atoms with Crippen LogP contribution in [0.3, 0.4) is 0 Å². The predicted molar refractivity (Wildman–Crippen MR) is 73.5 cm³/mol. The molecule has 0 aromatic carbocycles. The van der Waals surface area contributed by atoms with Gasteiger partial charge in [-0.3, -0.25) is 4.98 Å². The Balaban J connectivity index is 0.00000144. The summed E-state index contributed by atoms with van der Waals surface area (Å²) < 4.78 is 0. The first kappa shape index (κ1) is 14.4. The maximum Gasteiger partial charge on any atom is 0.0570 e. The van der Waals surface area contributed by atoms with E-state index in [9.17, 15) is 0 Å². The van der Waals surface area contributed by atoms with Crippen molar-refractivity contribution in [3.63, 3.8) is 0 Å². The Morgan fingerprint density at radius 2 is 2.41 bits per heavy atom. The van der Waals surface area contributed by atoms with Gasteiger partial charge in [0, 0.05) is 12.2 Å². The summed E-state index contributed by atoms with van der Waals surface area (Å²) in [5.41, 5.74) is 1.13. The highest BCUT2D eigenvalue weighted by Gasteiger charge is 2.14. The molecular weight excluding hydrogens is 234 g/mol. The number of halogens is 1. The minimum atomic E-state index is 0. The lowest BCUT2D eigenvalue weighted by Crippen LogP contribution is -2.36. The number of rotatable bonds is 4. The van der Waals surface area contributed by atoms with Crippen LogP contribution in [-0.4, -0.2) is 24.6 Å². The fourth-order valence-corrected chi connectivity index (χ4v) is 2.18. The number of nitrogens with zero attached hydrogens (tertiary/aromatic N) is 1. The van der Waals surface area contributed by atoms with Crippen LogP contribution in [-0.2, 0) is 0 Å². The molecule has 4 heteroatoms. The highest BCUT2D eigenvalue weighted by Crippen LogP contribution is 2.12. The number of piperidine rings is 1. The second-order valence-corrected chi connectivity index (χ2v) is 4.60. The van der Waals surface area contributed by atoms with E-state index >= 15 is 0 Å². The second-order valence-electron chi connectivity index (χ2n) is 4.60. The standard InChI is InChI=1S/C13H21N3.ClH/c1-11(13-6-2-3-8-15-13)16-10-12-5-4-7-14-9-12;/h2-3,6,8,11-12,14,16H,4-5,7,9-10H2,1H3;1H. The number of pyridine rings is 1. The molecular formula is C13H22ClN3. The first-order valence-corrected chi connectivity index (χ1v) is 6.21. The van der Waals surface area contributed by atoms with Crippen LogP contribution in [0.2, 0.25) is 0 Å². The zero-order valence-electron chi connectivity index (χ0n) is 10.4. The molecule has 3 nitrogen and oxygen atoms in total. The molecule has 96 valence electrons. The van der Waals surface area contributed by atoms with Gasteiger partial charge < -0.3 is 10.6 Å². The van der Waals surface area contributed by atoms with E-state index in [1.807, 2.05) is 18.3 Å². The third kappa shape index (κ3) is 4.62. The van der Waals surface area contributed by atoms with Crippen LogP contribution in [0.15, 0.2) is 24.4 Å². The van der Waals surface area contributed by atoms with Crippen molar-refractivity contribution in [1.29, 1.82) is 0 Å². The smallest absolute Gasteiger partial charge is 0.0570 e. The molecule has 0 bridgehead atoms. The molecule has 1 aromatic heterocycles. The summed E-state index contributed by atoms with van der Waals surface area (Å²) in [4.78, 5) is 4.36. The van der Waals surface area contributed by atoms with Crippen molar-refractivity contribution in [2.75, 3.05) is 19.6 Å². The van der Waals surface area contributed by atoms with Crippen LogP contribution >= 0.6 is 12.4 Å². The molecule has 2 N–H and O–H groups in total. The van der Waals surface area contributed by atoms with Crippen LogP contribution in [0.1, 0.15) is 31.5 Å². The maximum absolute atomic E-state index is 4.36. The summed E-state index contributed by atoms with van der Waals surface area (Å²) in [5, 5.41) is 7.01. The van der Waals surface area contributed by atoms with Crippen LogP contribution < -0.4 is 10.6 Å². The third-order valence-corrected chi connectivity index (χ3v) is 3.24. The van der Waals surface area contributed by atoms with Crippen molar-refractivity contribution in [3.8, 4) is 0 Å². The maximum atomic E-state index is 4.36. The molecule has 0 radical (unpaired) electrons. The number of hydrogen-bond acceptors (Lipinski definition) is 3. The van der Waals surface area contributed by atoms with Crippen LogP contribution in [0.5, 0.6) is 0 Å². The molecule has 1 saturated heterocycles. The average molecular weight is 256 g/mol. The van der Waals surface area contributed by atoms with Gasteiger partial charge in [-0.25, -0.2) is 0 Å². The van der Waals surface area contributed by atoms with Gasteiger partial charge in [0.15, 0.2) is 0 Å². The lowest BCUT2D eigenvalue weighted by Gasteiger charge is -2.24. The molecule has 0 aliphatic carbocycles. The van der Waals surface area contributed by atoms with Gasteiger partial charge >= 0.3 is 0 Å². The lowest BCUT2D eigenvalue weighted by molar-refractivity contribution is 0.347. The highest BCUT2D eigenvalue weighted by molar-refractivity contribution is 5.85. The normalized spacial score (nSPS) is 21.6. The van der Waals surface area contributed by atoms with E-state index < -0.39 is 0 Å². The molecule has 2 atom stereocenters. The van der Waals surface area contributed by atoms with Crippen LogP contribution in [0.25, 0.3) is 0 Å². The second kappa shape index (κ2) is 7.64. The molecule has 17 heavy (non-hydrogen) atoms. The van der Waals surface area contributed by atoms with Gasteiger partial charge in [0.2, 0.25) is 0 Å². The number of nitrogens with one attached hydrogen (secondary N) is 2. The van der Waals surface area contributed by atoms with E-state index in [4.69, 9.17) is 0 Å². The van der Waals surface area contributed by atoms with Gasteiger partial charge in [0.25, 0.3) is 0 Å². The van der Waals surface area contributed by atoms with E-state index in [0.717, 1.165) is 24.7 Å². The summed E-state index contributed by atoms with van der Waals surface area (Å²) in [6.45, 7) is 5.61. The van der Waals surface area contributed by atoms with E-state index in [0.29, 0.717) is 6.04 Å². The summed E-state index contributed by atoms with van der Waals surface area (Å²) in [6, 6.07) is 6.43. The average Bonchev–Trinajstić information content (AvgIpc) is 2.38. The van der Waals surface area contributed by atoms with E-state index in [1.165, 1.54) is 19.4 Å². The van der Waals surface area contributed by atoms with Crippen molar-refractivity contribution in [2.45, 2.75) is 25.8 Å². The van der Waals surface area contributed by atoms with Crippen molar-refractivity contribution in [3.05, 3.63) is 30.1 Å². The quantitative estimate of drug-likeness (QED) is 0.866. The molecule has 0 amide bonds. The molecule has 2 rings (SSSR count). The third-order valence-electron chi connectivity index (χ3n) is 3.24. The van der Waals surface area contributed by atoms with Crippen molar-refractivity contribution >= 4 is 12.4 Å². The van der Waals surface area contributed by atoms with Gasteiger partial charge in [0.05, 0.1) is 5.69 Å². The van der Waals surface area contributed by atoms with E-state index in [-0.39, 0.29) is 12.4 Å². The van der Waals surface area contributed by atoms with Gasteiger partial charge in [0.1, 0.15) is 0 Å². The van der Waals surface area contributed by atoms with E-state index in [1.54, 1.807) is 0 Å². The largest absolute Gasteiger partial charge is 0.316 e. The Morgan fingerprint density at radius 3 is 3.06 bits per heavy atom. The highest BCUT2D eigenvalue weighted by atomic mass is 35.5. The molecule has 2 unspecified atom stereocenters. The summed E-state index contributed by atoms with van der Waals surface area (Å²) in [7, 11) is 0. The Morgan fingerprint density at radius 1 is 1.53 bits per heavy atom. The molecule has 1 aromatic rings. The molecule has 1 aliphatic rings. The lowest BCUT2D eigenvalue weighted by atomic mass is 9.99. The monoisotopic (exact) mass is 255 g/mol. The van der Waals surface area contributed by atoms with Crippen molar-refractivity contribution in [2.24, 2.45) is 5.92 Å². The first-order valence-electron chi connectivity index (χ1n) is 6.21. The molecule has 2 heterocycles. The predicted octanol–water partition coefficient (Wildman–Crippen LogP) is 2.15.